The number of nitrogens with two attached hydrogens (primary N) is 1. The number of allylic oxidation sites excluding steroid dienone is 1. The number of anilines is 1. The first-order valence-electron chi connectivity index (χ1n) is 15.7. The van der Waals surface area contributed by atoms with Crippen molar-refractivity contribution >= 4 is 44.7 Å². The predicted octanol–water partition coefficient (Wildman–Crippen LogP) is 2.50. The molecule has 45 heavy (non-hydrogen) atoms. The molecule has 1 aromatic heterocycles. The normalized spacial score (nSPS) is 28.6. The maximum Gasteiger partial charge on any atom is 0.303 e. The predicted molar refractivity (Wildman–Crippen MR) is 170 cm³/mol. The number of para-hydroxylation sites is 1. The highest BCUT2D eigenvalue weighted by Crippen LogP contribution is 2.46. The SMILES string of the molecule is CC(C)n1c(O[C@@H]2C[C@H]3C(=O)N[C@]4(C(=O)NS(=O)(=O)N(C)C)C[C@@H]4/C=C\CCCCC[C@H](C)C(=O)N3C2)nc2c(N)cccc21. The van der Waals surface area contributed by atoms with Crippen LogP contribution in [0.15, 0.2) is 30.4 Å². The Kier molecular flexibility index (Phi) is 9.18. The number of ether oxygens (including phenoxy) is 1. The molecule has 3 aliphatic rings. The van der Waals surface area contributed by atoms with Crippen molar-refractivity contribution in [1.29, 1.82) is 0 Å². The van der Waals surface area contributed by atoms with Gasteiger partial charge in [0.2, 0.25) is 11.8 Å². The van der Waals surface area contributed by atoms with Gasteiger partial charge in [0.1, 0.15) is 23.2 Å². The monoisotopic (exact) mass is 643 g/mol. The molecular weight excluding hydrogens is 598 g/mol. The van der Waals surface area contributed by atoms with Gasteiger partial charge in [-0.2, -0.15) is 17.7 Å². The number of amides is 3. The number of hydrogen-bond acceptors (Lipinski definition) is 8. The highest BCUT2D eigenvalue weighted by atomic mass is 32.2. The zero-order chi connectivity index (χ0) is 32.7. The molecule has 4 N–H and O–H groups in total. The second kappa shape index (κ2) is 12.6. The molecule has 5 atom stereocenters. The van der Waals surface area contributed by atoms with E-state index in [0.717, 1.165) is 35.5 Å². The molecule has 14 heteroatoms. The quantitative estimate of drug-likeness (QED) is 0.319. The van der Waals surface area contributed by atoms with Gasteiger partial charge >= 0.3 is 10.2 Å². The van der Waals surface area contributed by atoms with E-state index in [0.29, 0.717) is 23.6 Å². The molecule has 2 aliphatic heterocycles. The first kappa shape index (κ1) is 32.7. The molecule has 3 amide bonds. The summed E-state index contributed by atoms with van der Waals surface area (Å²) in [5, 5.41) is 2.88. The minimum atomic E-state index is -4.09. The molecular formula is C31H45N7O6S. The number of aromatic nitrogens is 2. The van der Waals surface area contributed by atoms with E-state index in [1.807, 2.05) is 49.6 Å². The van der Waals surface area contributed by atoms with E-state index in [2.05, 4.69) is 15.0 Å². The van der Waals surface area contributed by atoms with Crippen LogP contribution in [0.3, 0.4) is 0 Å². The summed E-state index contributed by atoms with van der Waals surface area (Å²) in [5.41, 5.74) is 6.72. The summed E-state index contributed by atoms with van der Waals surface area (Å²) in [6, 6.07) is 4.98. The van der Waals surface area contributed by atoms with Crippen LogP contribution in [0.25, 0.3) is 11.0 Å². The third kappa shape index (κ3) is 6.53. The number of rotatable bonds is 6. The fraction of sp³-hybridized carbons (Fsp3) is 0.613. The largest absolute Gasteiger partial charge is 0.459 e. The summed E-state index contributed by atoms with van der Waals surface area (Å²) >= 11 is 0. The van der Waals surface area contributed by atoms with E-state index in [4.69, 9.17) is 10.5 Å². The topological polar surface area (TPSA) is 169 Å². The van der Waals surface area contributed by atoms with Crippen molar-refractivity contribution in [2.45, 2.75) is 89.4 Å². The molecule has 13 nitrogen and oxygen atoms in total. The van der Waals surface area contributed by atoms with Crippen molar-refractivity contribution in [1.82, 2.24) is 28.8 Å². The molecule has 2 aromatic rings. The van der Waals surface area contributed by atoms with Crippen molar-refractivity contribution in [2.75, 3.05) is 26.4 Å². The summed E-state index contributed by atoms with van der Waals surface area (Å²) in [4.78, 5) is 47.5. The van der Waals surface area contributed by atoms with Crippen molar-refractivity contribution in [2.24, 2.45) is 11.8 Å². The van der Waals surface area contributed by atoms with Crippen LogP contribution >= 0.6 is 0 Å². The Morgan fingerprint density at radius 1 is 1.22 bits per heavy atom. The lowest BCUT2D eigenvalue weighted by atomic mass is 10.0. The van der Waals surface area contributed by atoms with Crippen LogP contribution in [-0.2, 0) is 24.6 Å². The Morgan fingerprint density at radius 3 is 2.69 bits per heavy atom. The molecule has 5 rings (SSSR count). The van der Waals surface area contributed by atoms with Crippen molar-refractivity contribution in [3.8, 4) is 6.01 Å². The van der Waals surface area contributed by atoms with Crippen molar-refractivity contribution in [3.05, 3.63) is 30.4 Å². The molecule has 1 saturated carbocycles. The standard InChI is InChI=1S/C31H45N7O6S/c1-19(2)38-24-15-11-14-23(32)26(24)33-30(38)44-22-16-25-27(39)34-31(29(41)35-45(42,43)36(4)5)17-21(31)13-10-8-6-7-9-12-20(3)28(40)37(25)18-22/h10-11,13-15,19-22,25H,6-9,12,16-18,32H2,1-5H3,(H,34,39)(H,35,41)/b13-10-/t20-,21-,22+,25-,31+/m0/s1. The number of hydrogen-bond donors (Lipinski definition) is 3. The number of nitrogen functional groups attached to an aromatic ring is 1. The first-order valence-corrected chi connectivity index (χ1v) is 17.2. The Morgan fingerprint density at radius 2 is 1.98 bits per heavy atom. The van der Waals surface area contributed by atoms with Gasteiger partial charge < -0.3 is 20.7 Å². The Bertz CT molecular complexity index is 1600. The van der Waals surface area contributed by atoms with E-state index in [9.17, 15) is 22.8 Å². The number of nitrogens with zero attached hydrogens (tertiary/aromatic N) is 4. The van der Waals surface area contributed by atoms with Crippen molar-refractivity contribution in [3.63, 3.8) is 0 Å². The van der Waals surface area contributed by atoms with Crippen LogP contribution in [0.1, 0.15) is 71.8 Å². The van der Waals surface area contributed by atoms with E-state index in [1.165, 1.54) is 14.1 Å². The summed E-state index contributed by atoms with van der Waals surface area (Å²) < 4.78 is 36.5. The fourth-order valence-corrected chi connectivity index (χ4v) is 6.96. The molecule has 0 radical (unpaired) electrons. The van der Waals surface area contributed by atoms with Crippen LogP contribution in [0, 0.1) is 11.8 Å². The lowest BCUT2D eigenvalue weighted by Crippen LogP contribution is -2.57. The minimum absolute atomic E-state index is 0.000264. The van der Waals surface area contributed by atoms with Gasteiger partial charge in [-0.05, 0) is 51.7 Å². The molecule has 1 aliphatic carbocycles. The molecule has 0 bridgehead atoms. The van der Waals surface area contributed by atoms with E-state index < -0.39 is 39.7 Å². The Hall–Kier alpha value is -3.65. The Labute approximate surface area is 264 Å². The maximum absolute atomic E-state index is 14.0. The Balaban J connectivity index is 1.45. The zero-order valence-corrected chi connectivity index (χ0v) is 27.5. The molecule has 246 valence electrons. The van der Waals surface area contributed by atoms with E-state index >= 15 is 0 Å². The number of carbonyl (C=O) groups excluding carboxylic acids is 3. The molecule has 0 spiro atoms. The summed E-state index contributed by atoms with van der Waals surface area (Å²) in [5.74, 6) is -2.17. The number of benzene rings is 1. The average molecular weight is 644 g/mol. The van der Waals surface area contributed by atoms with Gasteiger partial charge in [0, 0.05) is 38.4 Å². The third-order valence-electron chi connectivity index (χ3n) is 9.12. The smallest absolute Gasteiger partial charge is 0.303 e. The summed E-state index contributed by atoms with van der Waals surface area (Å²) in [7, 11) is -1.45. The van der Waals surface area contributed by atoms with Gasteiger partial charge in [-0.3, -0.25) is 19.0 Å². The second-order valence-corrected chi connectivity index (χ2v) is 14.9. The third-order valence-corrected chi connectivity index (χ3v) is 10.5. The first-order chi connectivity index (χ1) is 21.2. The second-order valence-electron chi connectivity index (χ2n) is 13.0. The number of nitrogens with one attached hydrogen (secondary N) is 2. The van der Waals surface area contributed by atoms with Crippen LogP contribution < -0.4 is 20.5 Å². The number of imidazole rings is 1. The molecule has 0 unspecified atom stereocenters. The van der Waals surface area contributed by atoms with Gasteiger partial charge in [-0.15, -0.1) is 0 Å². The number of carbonyl (C=O) groups is 3. The van der Waals surface area contributed by atoms with Gasteiger partial charge in [0.25, 0.3) is 11.9 Å². The highest BCUT2D eigenvalue weighted by molar-refractivity contribution is 7.87. The summed E-state index contributed by atoms with van der Waals surface area (Å²) in [6.07, 6.45) is 7.98. The lowest BCUT2D eigenvalue weighted by molar-refractivity contribution is -0.142. The van der Waals surface area contributed by atoms with Crippen LogP contribution in [-0.4, -0.2) is 83.2 Å². The van der Waals surface area contributed by atoms with Gasteiger partial charge in [0.15, 0.2) is 0 Å². The van der Waals surface area contributed by atoms with Gasteiger partial charge in [-0.25, -0.2) is 4.72 Å². The van der Waals surface area contributed by atoms with E-state index in [1.54, 1.807) is 11.0 Å². The van der Waals surface area contributed by atoms with E-state index in [-0.39, 0.29) is 43.2 Å². The molecule has 2 fully saturated rings. The van der Waals surface area contributed by atoms with Crippen LogP contribution in [0.5, 0.6) is 6.01 Å². The summed E-state index contributed by atoms with van der Waals surface area (Å²) in [6.45, 7) is 6.06. The van der Waals surface area contributed by atoms with Crippen LogP contribution in [0.4, 0.5) is 5.69 Å². The van der Waals surface area contributed by atoms with Gasteiger partial charge in [-0.1, -0.05) is 38.0 Å². The molecule has 1 aromatic carbocycles. The van der Waals surface area contributed by atoms with Crippen LogP contribution in [0.2, 0.25) is 0 Å². The zero-order valence-electron chi connectivity index (χ0n) is 26.7. The minimum Gasteiger partial charge on any atom is -0.459 e. The fourth-order valence-electron chi connectivity index (χ4n) is 6.36. The highest BCUT2D eigenvalue weighted by Gasteiger charge is 2.61. The maximum atomic E-state index is 14.0. The number of fused-ring (bicyclic) bond motifs is 3. The average Bonchev–Trinajstić information content (AvgIpc) is 3.30. The molecule has 3 heterocycles. The van der Waals surface area contributed by atoms with Gasteiger partial charge in [0.05, 0.1) is 17.7 Å². The lowest BCUT2D eigenvalue weighted by Gasteiger charge is -2.28. The van der Waals surface area contributed by atoms with Crippen molar-refractivity contribution < 1.29 is 27.5 Å². The molecule has 1 saturated heterocycles.